The molecule has 6 nitrogen and oxygen atoms in total. The van der Waals surface area contributed by atoms with E-state index in [1.165, 1.54) is 0 Å². The van der Waals surface area contributed by atoms with Crippen molar-refractivity contribution in [2.24, 2.45) is 0 Å². The zero-order valence-electron chi connectivity index (χ0n) is 12.9. The van der Waals surface area contributed by atoms with Gasteiger partial charge in [-0.3, -0.25) is 14.3 Å². The van der Waals surface area contributed by atoms with Crippen molar-refractivity contribution in [2.45, 2.75) is 58.5 Å². The average Bonchev–Trinajstić information content (AvgIpc) is 2.95. The molecule has 2 unspecified atom stereocenters. The average molecular weight is 293 g/mol. The Morgan fingerprint density at radius 2 is 2.19 bits per heavy atom. The number of carboxylic acid groups (broad SMARTS) is 1. The van der Waals surface area contributed by atoms with Crippen molar-refractivity contribution >= 4 is 11.9 Å². The van der Waals surface area contributed by atoms with E-state index in [4.69, 9.17) is 5.11 Å². The van der Waals surface area contributed by atoms with E-state index in [1.54, 1.807) is 4.90 Å². The second-order valence-electron chi connectivity index (χ2n) is 5.91. The van der Waals surface area contributed by atoms with Crippen LogP contribution in [-0.4, -0.2) is 44.3 Å². The predicted octanol–water partition coefficient (Wildman–Crippen LogP) is 1.92. The van der Waals surface area contributed by atoms with E-state index in [0.717, 1.165) is 24.2 Å². The molecule has 2 atom stereocenters. The molecule has 0 aromatic carbocycles. The molecule has 1 aromatic heterocycles. The summed E-state index contributed by atoms with van der Waals surface area (Å²) in [6.45, 7) is 6.55. The van der Waals surface area contributed by atoms with E-state index in [0.29, 0.717) is 13.0 Å². The molecule has 1 N–H and O–H groups in total. The summed E-state index contributed by atoms with van der Waals surface area (Å²) in [6.07, 6.45) is 2.07. The maximum atomic E-state index is 12.4. The molecule has 0 bridgehead atoms. The van der Waals surface area contributed by atoms with Crippen molar-refractivity contribution in [2.75, 3.05) is 6.54 Å². The first-order chi connectivity index (χ1) is 9.88. The zero-order valence-corrected chi connectivity index (χ0v) is 12.9. The lowest BCUT2D eigenvalue weighted by Gasteiger charge is -2.25. The summed E-state index contributed by atoms with van der Waals surface area (Å²) in [5.74, 6) is -0.815. The number of aryl methyl sites for hydroxylation is 2. The van der Waals surface area contributed by atoms with Gasteiger partial charge >= 0.3 is 5.97 Å². The molecule has 116 valence electrons. The molecule has 1 aliphatic rings. The highest BCUT2D eigenvalue weighted by atomic mass is 16.4. The summed E-state index contributed by atoms with van der Waals surface area (Å²) < 4.78 is 1.87. The fraction of sp³-hybridized carbons (Fsp3) is 0.667. The third-order valence-corrected chi connectivity index (χ3v) is 4.04. The lowest BCUT2D eigenvalue weighted by atomic mass is 10.1. The van der Waals surface area contributed by atoms with Crippen LogP contribution in [0, 0.1) is 13.8 Å². The van der Waals surface area contributed by atoms with Gasteiger partial charge in [0.1, 0.15) is 0 Å². The Labute approximate surface area is 124 Å². The van der Waals surface area contributed by atoms with Crippen LogP contribution in [0.5, 0.6) is 0 Å². The number of amides is 1. The first-order valence-electron chi connectivity index (χ1n) is 7.42. The first-order valence-corrected chi connectivity index (χ1v) is 7.42. The van der Waals surface area contributed by atoms with E-state index >= 15 is 0 Å². The van der Waals surface area contributed by atoms with Gasteiger partial charge < -0.3 is 10.0 Å². The van der Waals surface area contributed by atoms with E-state index < -0.39 is 5.97 Å². The summed E-state index contributed by atoms with van der Waals surface area (Å²) in [5.41, 5.74) is 1.98. The van der Waals surface area contributed by atoms with Crippen LogP contribution in [0.1, 0.15) is 50.0 Å². The molecule has 2 rings (SSSR count). The minimum atomic E-state index is -0.841. The molecule has 6 heteroatoms. The molecule has 0 radical (unpaired) electrons. The Balaban J connectivity index is 2.00. The van der Waals surface area contributed by atoms with Crippen LogP contribution in [-0.2, 0) is 9.59 Å². The summed E-state index contributed by atoms with van der Waals surface area (Å²) in [7, 11) is 0. The molecular weight excluding hydrogens is 270 g/mol. The van der Waals surface area contributed by atoms with Crippen molar-refractivity contribution in [3.05, 3.63) is 17.5 Å². The van der Waals surface area contributed by atoms with Crippen molar-refractivity contribution in [1.82, 2.24) is 14.7 Å². The number of likely N-dealkylation sites (tertiary alicyclic amines) is 1. The number of carbonyl (C=O) groups excluding carboxylic acids is 1. The van der Waals surface area contributed by atoms with Gasteiger partial charge in [0.05, 0.1) is 18.2 Å². The fourth-order valence-electron chi connectivity index (χ4n) is 3.13. The lowest BCUT2D eigenvalue weighted by molar-refractivity contribution is -0.140. The molecule has 0 spiro atoms. The Kier molecular flexibility index (Phi) is 4.65. The standard InChI is InChI=1S/C15H23N3O3/c1-10-7-11(2)18(16-10)12(3)8-14(19)17-6-4-5-13(17)9-15(20)21/h7,12-13H,4-6,8-9H2,1-3H3,(H,20,21). The maximum Gasteiger partial charge on any atom is 0.305 e. The number of hydrogen-bond donors (Lipinski definition) is 1. The monoisotopic (exact) mass is 293 g/mol. The van der Waals surface area contributed by atoms with Crippen molar-refractivity contribution in [1.29, 1.82) is 0 Å². The zero-order chi connectivity index (χ0) is 15.6. The van der Waals surface area contributed by atoms with Crippen LogP contribution in [0.15, 0.2) is 6.07 Å². The van der Waals surface area contributed by atoms with Gasteiger partial charge in [0.2, 0.25) is 5.91 Å². The minimum absolute atomic E-state index is 0.0164. The number of hydrogen-bond acceptors (Lipinski definition) is 3. The van der Waals surface area contributed by atoms with E-state index in [-0.39, 0.29) is 24.4 Å². The fourth-order valence-corrected chi connectivity index (χ4v) is 3.13. The molecular formula is C15H23N3O3. The van der Waals surface area contributed by atoms with Gasteiger partial charge in [-0.25, -0.2) is 0 Å². The molecule has 1 fully saturated rings. The van der Waals surface area contributed by atoms with Gasteiger partial charge in [0.25, 0.3) is 0 Å². The third kappa shape index (κ3) is 3.62. The minimum Gasteiger partial charge on any atom is -0.481 e. The van der Waals surface area contributed by atoms with E-state index in [1.807, 2.05) is 31.5 Å². The number of rotatable bonds is 5. The molecule has 1 saturated heterocycles. The van der Waals surface area contributed by atoms with Crippen LogP contribution in [0.3, 0.4) is 0 Å². The number of aromatic nitrogens is 2. The van der Waals surface area contributed by atoms with Crippen molar-refractivity contribution in [3.8, 4) is 0 Å². The van der Waals surface area contributed by atoms with Crippen LogP contribution in [0.25, 0.3) is 0 Å². The number of carboxylic acids is 1. The highest BCUT2D eigenvalue weighted by molar-refractivity contribution is 5.78. The first kappa shape index (κ1) is 15.5. The normalized spacial score (nSPS) is 19.8. The highest BCUT2D eigenvalue weighted by Gasteiger charge is 2.31. The maximum absolute atomic E-state index is 12.4. The third-order valence-electron chi connectivity index (χ3n) is 4.04. The molecule has 1 aromatic rings. The Morgan fingerprint density at radius 3 is 2.76 bits per heavy atom. The SMILES string of the molecule is Cc1cc(C)n(C(C)CC(=O)N2CCCC2CC(=O)O)n1. The predicted molar refractivity (Wildman–Crippen MR) is 78.0 cm³/mol. The molecule has 2 heterocycles. The van der Waals surface area contributed by atoms with Gasteiger partial charge in [0, 0.05) is 24.7 Å². The summed E-state index contributed by atoms with van der Waals surface area (Å²) in [5, 5.41) is 13.3. The Morgan fingerprint density at radius 1 is 1.48 bits per heavy atom. The van der Waals surface area contributed by atoms with Gasteiger partial charge in [-0.15, -0.1) is 0 Å². The molecule has 1 aliphatic heterocycles. The Bertz CT molecular complexity index is 538. The van der Waals surface area contributed by atoms with Crippen molar-refractivity contribution < 1.29 is 14.7 Å². The van der Waals surface area contributed by atoms with Crippen LogP contribution in [0.4, 0.5) is 0 Å². The molecule has 1 amide bonds. The number of nitrogens with zero attached hydrogens (tertiary/aromatic N) is 3. The van der Waals surface area contributed by atoms with Gasteiger partial charge in [-0.05, 0) is 39.7 Å². The molecule has 0 aliphatic carbocycles. The molecule has 0 saturated carbocycles. The van der Waals surface area contributed by atoms with Crippen molar-refractivity contribution in [3.63, 3.8) is 0 Å². The lowest BCUT2D eigenvalue weighted by Crippen LogP contribution is -2.37. The van der Waals surface area contributed by atoms with Gasteiger partial charge in [-0.1, -0.05) is 0 Å². The smallest absolute Gasteiger partial charge is 0.305 e. The molecule has 21 heavy (non-hydrogen) atoms. The second kappa shape index (κ2) is 6.28. The van der Waals surface area contributed by atoms with Crippen LogP contribution in [0.2, 0.25) is 0 Å². The van der Waals surface area contributed by atoms with Gasteiger partial charge in [0.15, 0.2) is 0 Å². The Hall–Kier alpha value is -1.85. The summed E-state index contributed by atoms with van der Waals surface area (Å²) in [6, 6.07) is 1.82. The van der Waals surface area contributed by atoms with Gasteiger partial charge in [-0.2, -0.15) is 5.10 Å². The summed E-state index contributed by atoms with van der Waals surface area (Å²) in [4.78, 5) is 25.0. The van der Waals surface area contributed by atoms with E-state index in [9.17, 15) is 9.59 Å². The largest absolute Gasteiger partial charge is 0.481 e. The quantitative estimate of drug-likeness (QED) is 0.900. The van der Waals surface area contributed by atoms with Crippen LogP contribution < -0.4 is 0 Å². The topological polar surface area (TPSA) is 75.4 Å². The number of carbonyl (C=O) groups is 2. The second-order valence-corrected chi connectivity index (χ2v) is 5.91. The van der Waals surface area contributed by atoms with Crippen LogP contribution >= 0.6 is 0 Å². The highest BCUT2D eigenvalue weighted by Crippen LogP contribution is 2.23. The summed E-state index contributed by atoms with van der Waals surface area (Å²) >= 11 is 0. The van der Waals surface area contributed by atoms with E-state index in [2.05, 4.69) is 5.10 Å². The number of aliphatic carboxylic acids is 1.